The smallest absolute Gasteiger partial charge is 0.338 e. The number of rotatable bonds is 5. The van der Waals surface area contributed by atoms with Crippen LogP contribution in [-0.4, -0.2) is 45.1 Å². The summed E-state index contributed by atoms with van der Waals surface area (Å²) >= 11 is 0. The quantitative estimate of drug-likeness (QED) is 0.619. The molecule has 3 rings (SSSR count). The van der Waals surface area contributed by atoms with Gasteiger partial charge in [-0.2, -0.15) is 0 Å². The largest absolute Gasteiger partial charge is 0.462 e. The number of esters is 1. The third-order valence-corrected chi connectivity index (χ3v) is 4.01. The lowest BCUT2D eigenvalue weighted by Crippen LogP contribution is -2.36. The third kappa shape index (κ3) is 4.67. The number of benzene rings is 2. The number of carbonyl (C=O) groups excluding carboxylic acids is 1. The number of carbonyl (C=O) groups is 1. The van der Waals surface area contributed by atoms with Crippen LogP contribution in [0.1, 0.15) is 22.8 Å². The summed E-state index contributed by atoms with van der Waals surface area (Å²) in [5, 5.41) is 0. The van der Waals surface area contributed by atoms with Gasteiger partial charge >= 0.3 is 5.97 Å². The van der Waals surface area contributed by atoms with Crippen molar-refractivity contribution in [3.05, 3.63) is 59.7 Å². The number of anilines is 1. The summed E-state index contributed by atoms with van der Waals surface area (Å²) in [4.78, 5) is 18.4. The zero-order valence-corrected chi connectivity index (χ0v) is 14.4. The predicted octanol–water partition coefficient (Wildman–Crippen LogP) is 3.45. The highest BCUT2D eigenvalue weighted by Gasteiger charge is 2.10. The summed E-state index contributed by atoms with van der Waals surface area (Å²) in [6.45, 7) is 5.59. The van der Waals surface area contributed by atoms with Crippen LogP contribution < -0.4 is 4.90 Å². The lowest BCUT2D eigenvalue weighted by atomic mass is 10.2. The summed E-state index contributed by atoms with van der Waals surface area (Å²) < 4.78 is 10.3. The Morgan fingerprint density at radius 1 is 1.12 bits per heavy atom. The second-order valence-corrected chi connectivity index (χ2v) is 5.72. The van der Waals surface area contributed by atoms with E-state index in [1.165, 1.54) is 5.69 Å². The van der Waals surface area contributed by atoms with E-state index in [-0.39, 0.29) is 5.97 Å². The minimum atomic E-state index is -0.309. The van der Waals surface area contributed by atoms with Crippen LogP contribution in [0.3, 0.4) is 0 Å². The van der Waals surface area contributed by atoms with Gasteiger partial charge in [0.1, 0.15) is 0 Å². The second-order valence-electron chi connectivity index (χ2n) is 5.72. The molecule has 25 heavy (non-hydrogen) atoms. The zero-order valence-electron chi connectivity index (χ0n) is 14.4. The monoisotopic (exact) mass is 338 g/mol. The van der Waals surface area contributed by atoms with Gasteiger partial charge in [-0.25, -0.2) is 4.79 Å². The Balaban J connectivity index is 1.62. The number of aliphatic imine (C=N–C) groups is 1. The van der Waals surface area contributed by atoms with E-state index < -0.39 is 0 Å². The topological polar surface area (TPSA) is 51.1 Å². The number of hydrogen-bond donors (Lipinski definition) is 0. The van der Waals surface area contributed by atoms with E-state index in [0.717, 1.165) is 37.6 Å². The van der Waals surface area contributed by atoms with E-state index in [2.05, 4.69) is 34.2 Å². The molecule has 0 radical (unpaired) electrons. The van der Waals surface area contributed by atoms with Gasteiger partial charge in [0, 0.05) is 25.0 Å². The van der Waals surface area contributed by atoms with Crippen LogP contribution in [-0.2, 0) is 9.47 Å². The molecular formula is C20H22N2O3. The SMILES string of the molecule is CCOC(=O)c1ccc(N=Cc2ccc(N3CCOCC3)cc2)cc1. The van der Waals surface area contributed by atoms with Crippen molar-refractivity contribution in [3.8, 4) is 0 Å². The maximum atomic E-state index is 11.6. The van der Waals surface area contributed by atoms with Gasteiger partial charge in [-0.05, 0) is 48.9 Å². The van der Waals surface area contributed by atoms with Gasteiger partial charge in [-0.1, -0.05) is 12.1 Å². The van der Waals surface area contributed by atoms with Crippen LogP contribution in [0.2, 0.25) is 0 Å². The van der Waals surface area contributed by atoms with Crippen LogP contribution in [0.5, 0.6) is 0 Å². The molecule has 0 saturated carbocycles. The first kappa shape index (κ1) is 17.2. The van der Waals surface area contributed by atoms with Crippen molar-refractivity contribution in [3.63, 3.8) is 0 Å². The molecule has 5 nitrogen and oxygen atoms in total. The number of morpholine rings is 1. The highest BCUT2D eigenvalue weighted by Crippen LogP contribution is 2.17. The van der Waals surface area contributed by atoms with Gasteiger partial charge in [0.25, 0.3) is 0 Å². The van der Waals surface area contributed by atoms with Gasteiger partial charge in [-0.3, -0.25) is 4.99 Å². The molecule has 1 fully saturated rings. The van der Waals surface area contributed by atoms with Gasteiger partial charge in [0.05, 0.1) is 31.1 Å². The third-order valence-electron chi connectivity index (χ3n) is 4.01. The molecule has 0 N–H and O–H groups in total. The maximum Gasteiger partial charge on any atom is 0.338 e. The molecular weight excluding hydrogens is 316 g/mol. The Labute approximate surface area is 147 Å². The molecule has 0 atom stereocenters. The summed E-state index contributed by atoms with van der Waals surface area (Å²) in [7, 11) is 0. The van der Waals surface area contributed by atoms with Gasteiger partial charge in [0.15, 0.2) is 0 Å². The second kappa shape index (κ2) is 8.44. The minimum Gasteiger partial charge on any atom is -0.462 e. The lowest BCUT2D eigenvalue weighted by molar-refractivity contribution is 0.0526. The number of hydrogen-bond acceptors (Lipinski definition) is 5. The average Bonchev–Trinajstić information content (AvgIpc) is 2.68. The van der Waals surface area contributed by atoms with E-state index in [1.807, 2.05) is 18.3 Å². The Morgan fingerprint density at radius 2 is 1.80 bits per heavy atom. The van der Waals surface area contributed by atoms with Crippen molar-refractivity contribution in [1.82, 2.24) is 0 Å². The molecule has 0 bridgehead atoms. The van der Waals surface area contributed by atoms with Gasteiger partial charge in [0.2, 0.25) is 0 Å². The van der Waals surface area contributed by atoms with Gasteiger partial charge < -0.3 is 14.4 Å². The van der Waals surface area contributed by atoms with Crippen LogP contribution in [0.15, 0.2) is 53.5 Å². The lowest BCUT2D eigenvalue weighted by Gasteiger charge is -2.28. The molecule has 0 unspecified atom stereocenters. The molecule has 2 aromatic carbocycles. The van der Waals surface area contributed by atoms with Crippen molar-refractivity contribution in [2.24, 2.45) is 4.99 Å². The van der Waals surface area contributed by atoms with Crippen molar-refractivity contribution >= 4 is 23.6 Å². The Bertz CT molecular complexity index is 718. The van der Waals surface area contributed by atoms with E-state index in [9.17, 15) is 4.79 Å². The van der Waals surface area contributed by atoms with Gasteiger partial charge in [-0.15, -0.1) is 0 Å². The Morgan fingerprint density at radius 3 is 2.44 bits per heavy atom. The summed E-state index contributed by atoms with van der Waals surface area (Å²) in [6, 6.07) is 15.4. The molecule has 1 aliphatic heterocycles. The molecule has 0 amide bonds. The molecule has 1 aliphatic rings. The van der Waals surface area contributed by atoms with Crippen LogP contribution >= 0.6 is 0 Å². The molecule has 2 aromatic rings. The molecule has 1 heterocycles. The first-order chi connectivity index (χ1) is 12.3. The van der Waals surface area contributed by atoms with Crippen molar-refractivity contribution in [2.75, 3.05) is 37.8 Å². The first-order valence-electron chi connectivity index (χ1n) is 8.50. The highest BCUT2D eigenvalue weighted by molar-refractivity contribution is 5.90. The predicted molar refractivity (Wildman–Crippen MR) is 99.1 cm³/mol. The van der Waals surface area contributed by atoms with E-state index in [1.54, 1.807) is 19.1 Å². The fraction of sp³-hybridized carbons (Fsp3) is 0.300. The fourth-order valence-corrected chi connectivity index (χ4v) is 2.64. The van der Waals surface area contributed by atoms with Crippen molar-refractivity contribution in [2.45, 2.75) is 6.92 Å². The molecule has 0 spiro atoms. The van der Waals surface area contributed by atoms with Crippen molar-refractivity contribution < 1.29 is 14.3 Å². The Kier molecular flexibility index (Phi) is 5.80. The molecule has 0 aliphatic carbocycles. The van der Waals surface area contributed by atoms with Crippen LogP contribution in [0.25, 0.3) is 0 Å². The number of nitrogens with zero attached hydrogens (tertiary/aromatic N) is 2. The molecule has 5 heteroatoms. The van der Waals surface area contributed by atoms with E-state index >= 15 is 0 Å². The highest BCUT2D eigenvalue weighted by atomic mass is 16.5. The van der Waals surface area contributed by atoms with E-state index in [0.29, 0.717) is 12.2 Å². The first-order valence-corrected chi connectivity index (χ1v) is 8.50. The molecule has 1 saturated heterocycles. The van der Waals surface area contributed by atoms with Crippen molar-refractivity contribution in [1.29, 1.82) is 0 Å². The van der Waals surface area contributed by atoms with Crippen LogP contribution in [0.4, 0.5) is 11.4 Å². The summed E-state index contributed by atoms with van der Waals surface area (Å²) in [6.07, 6.45) is 1.82. The average molecular weight is 338 g/mol. The molecule has 130 valence electrons. The molecule has 0 aromatic heterocycles. The standard InChI is InChI=1S/C20H22N2O3/c1-2-25-20(23)17-5-7-18(8-6-17)21-15-16-3-9-19(10-4-16)22-11-13-24-14-12-22/h3-10,15H,2,11-14H2,1H3. The zero-order chi connectivity index (χ0) is 17.5. The summed E-state index contributed by atoms with van der Waals surface area (Å²) in [5.41, 5.74) is 3.58. The Hall–Kier alpha value is -2.66. The van der Waals surface area contributed by atoms with E-state index in [4.69, 9.17) is 9.47 Å². The normalized spacial score (nSPS) is 14.7. The maximum absolute atomic E-state index is 11.6. The summed E-state index contributed by atoms with van der Waals surface area (Å²) in [5.74, 6) is -0.309. The fourth-order valence-electron chi connectivity index (χ4n) is 2.64. The van der Waals surface area contributed by atoms with Crippen LogP contribution in [0, 0.1) is 0 Å². The minimum absolute atomic E-state index is 0.309. The number of ether oxygens (including phenoxy) is 2.